The van der Waals surface area contributed by atoms with Crippen molar-refractivity contribution in [3.63, 3.8) is 0 Å². The molecule has 0 fully saturated rings. The van der Waals surface area contributed by atoms with Crippen LogP contribution in [-0.2, 0) is 9.22 Å². The number of carbonyl (C=O) groups is 1. The molecule has 0 radical (unpaired) electrons. The molecule has 0 unspecified atom stereocenters. The van der Waals surface area contributed by atoms with Crippen molar-refractivity contribution in [1.82, 2.24) is 0 Å². The third-order valence-corrected chi connectivity index (χ3v) is 8.05. The van der Waals surface area contributed by atoms with E-state index < -0.39 is 8.32 Å². The Kier molecular flexibility index (Phi) is 6.94. The highest BCUT2D eigenvalue weighted by atomic mass is 28.4. The number of hydrogen-bond donors (Lipinski definition) is 0. The SMILES string of the molecule is C/C=C/CC[C@H](CC=O)O[Si](C)(C)C(C)(C)C. The largest absolute Gasteiger partial charge is 0.413 e. The number of allylic oxidation sites excluding steroid dienone is 2. The summed E-state index contributed by atoms with van der Waals surface area (Å²) >= 11 is 0. The van der Waals surface area contributed by atoms with Crippen LogP contribution in [0.15, 0.2) is 12.2 Å². The van der Waals surface area contributed by atoms with Gasteiger partial charge in [-0.15, -0.1) is 0 Å². The summed E-state index contributed by atoms with van der Waals surface area (Å²) in [5.74, 6) is 0. The molecule has 1 atom stereocenters. The molecule has 0 bridgehead atoms. The number of hydrogen-bond acceptors (Lipinski definition) is 2. The van der Waals surface area contributed by atoms with Crippen molar-refractivity contribution < 1.29 is 9.22 Å². The average Bonchev–Trinajstić information content (AvgIpc) is 2.16. The molecule has 0 aliphatic heterocycles. The summed E-state index contributed by atoms with van der Waals surface area (Å²) < 4.78 is 6.26. The summed E-state index contributed by atoms with van der Waals surface area (Å²) in [6, 6.07) is 0. The van der Waals surface area contributed by atoms with Crippen molar-refractivity contribution in [2.45, 2.75) is 71.2 Å². The lowest BCUT2D eigenvalue weighted by Gasteiger charge is -2.39. The minimum Gasteiger partial charge on any atom is -0.413 e. The lowest BCUT2D eigenvalue weighted by Crippen LogP contribution is -2.44. The quantitative estimate of drug-likeness (QED) is 0.385. The van der Waals surface area contributed by atoms with Crippen LogP contribution < -0.4 is 0 Å². The van der Waals surface area contributed by atoms with E-state index in [1.807, 2.05) is 13.0 Å². The van der Waals surface area contributed by atoms with Crippen molar-refractivity contribution in [1.29, 1.82) is 0 Å². The van der Waals surface area contributed by atoms with E-state index in [2.05, 4.69) is 39.9 Å². The first-order valence-electron chi connectivity index (χ1n) is 6.47. The van der Waals surface area contributed by atoms with Gasteiger partial charge in [0.25, 0.3) is 0 Å². The molecule has 0 N–H and O–H groups in total. The fourth-order valence-corrected chi connectivity index (χ4v) is 2.78. The van der Waals surface area contributed by atoms with Crippen LogP contribution >= 0.6 is 0 Å². The Balaban J connectivity index is 4.47. The highest BCUT2D eigenvalue weighted by Gasteiger charge is 2.38. The Morgan fingerprint density at radius 1 is 1.29 bits per heavy atom. The van der Waals surface area contributed by atoms with Gasteiger partial charge in [0.1, 0.15) is 6.29 Å². The molecule has 2 nitrogen and oxygen atoms in total. The van der Waals surface area contributed by atoms with E-state index in [-0.39, 0.29) is 11.1 Å². The molecule has 0 aromatic heterocycles. The maximum absolute atomic E-state index is 10.7. The van der Waals surface area contributed by atoms with Crippen LogP contribution in [0.25, 0.3) is 0 Å². The van der Waals surface area contributed by atoms with Crippen molar-refractivity contribution in [3.8, 4) is 0 Å². The van der Waals surface area contributed by atoms with Crippen molar-refractivity contribution >= 4 is 14.6 Å². The zero-order valence-corrected chi connectivity index (χ0v) is 13.2. The van der Waals surface area contributed by atoms with Gasteiger partial charge in [-0.25, -0.2) is 0 Å². The van der Waals surface area contributed by atoms with E-state index in [0.29, 0.717) is 6.42 Å². The third-order valence-electron chi connectivity index (χ3n) is 3.52. The van der Waals surface area contributed by atoms with E-state index in [1.165, 1.54) is 0 Å². The van der Waals surface area contributed by atoms with Gasteiger partial charge in [0.15, 0.2) is 8.32 Å². The molecule has 0 saturated heterocycles. The lowest BCUT2D eigenvalue weighted by atomic mass is 10.1. The number of aldehydes is 1. The fourth-order valence-electron chi connectivity index (χ4n) is 1.37. The second-order valence-corrected chi connectivity index (χ2v) is 10.8. The van der Waals surface area contributed by atoms with Crippen molar-refractivity contribution in [3.05, 3.63) is 12.2 Å². The molecule has 0 heterocycles. The monoisotopic (exact) mass is 256 g/mol. The molecule has 0 amide bonds. The van der Waals surface area contributed by atoms with Crippen molar-refractivity contribution in [2.75, 3.05) is 0 Å². The molecule has 0 aliphatic carbocycles. The summed E-state index contributed by atoms with van der Waals surface area (Å²) in [4.78, 5) is 10.7. The Hall–Kier alpha value is -0.413. The topological polar surface area (TPSA) is 26.3 Å². The number of carbonyl (C=O) groups excluding carboxylic acids is 1. The van der Waals surface area contributed by atoms with Crippen molar-refractivity contribution in [2.24, 2.45) is 0 Å². The Labute approximate surface area is 108 Å². The van der Waals surface area contributed by atoms with Gasteiger partial charge in [-0.3, -0.25) is 0 Å². The molecule has 0 saturated carbocycles. The van der Waals surface area contributed by atoms with Gasteiger partial charge in [-0.2, -0.15) is 0 Å². The standard InChI is InChI=1S/C14H28O2Si/c1-7-8-9-10-13(11-12-15)16-17(5,6)14(2,3)4/h7-8,12-13H,9-11H2,1-6H3/b8-7+/t13-/m1/s1. The van der Waals surface area contributed by atoms with Crippen LogP contribution in [0, 0.1) is 0 Å². The maximum atomic E-state index is 10.7. The molecule has 17 heavy (non-hydrogen) atoms. The fraction of sp³-hybridized carbons (Fsp3) is 0.786. The highest BCUT2D eigenvalue weighted by molar-refractivity contribution is 6.74. The maximum Gasteiger partial charge on any atom is 0.192 e. The minimum atomic E-state index is -1.75. The van der Waals surface area contributed by atoms with Gasteiger partial charge < -0.3 is 9.22 Å². The molecule has 100 valence electrons. The van der Waals surface area contributed by atoms with Gasteiger partial charge >= 0.3 is 0 Å². The van der Waals surface area contributed by atoms with E-state index in [0.717, 1.165) is 19.1 Å². The summed E-state index contributed by atoms with van der Waals surface area (Å²) in [7, 11) is -1.75. The second-order valence-electron chi connectivity index (χ2n) is 6.05. The van der Waals surface area contributed by atoms with Gasteiger partial charge in [0.2, 0.25) is 0 Å². The van der Waals surface area contributed by atoms with Gasteiger partial charge in [0, 0.05) is 6.42 Å². The van der Waals surface area contributed by atoms with Crippen LogP contribution in [-0.4, -0.2) is 20.7 Å². The molecule has 3 heteroatoms. The first kappa shape index (κ1) is 16.6. The first-order chi connectivity index (χ1) is 7.74. The highest BCUT2D eigenvalue weighted by Crippen LogP contribution is 2.38. The summed E-state index contributed by atoms with van der Waals surface area (Å²) in [6.45, 7) is 13.2. The van der Waals surface area contributed by atoms with Crippen LogP contribution in [0.4, 0.5) is 0 Å². The first-order valence-corrected chi connectivity index (χ1v) is 9.38. The van der Waals surface area contributed by atoms with Crippen LogP contribution in [0.2, 0.25) is 18.1 Å². The Morgan fingerprint density at radius 2 is 1.88 bits per heavy atom. The smallest absolute Gasteiger partial charge is 0.192 e. The second kappa shape index (κ2) is 7.12. The number of rotatable bonds is 7. The predicted octanol–water partition coefficient (Wildman–Crippen LogP) is 4.32. The van der Waals surface area contributed by atoms with Gasteiger partial charge in [-0.05, 0) is 37.9 Å². The van der Waals surface area contributed by atoms with Gasteiger partial charge in [0.05, 0.1) is 6.10 Å². The lowest BCUT2D eigenvalue weighted by molar-refractivity contribution is -0.109. The normalized spacial score (nSPS) is 15.2. The molecule has 0 aromatic rings. The van der Waals surface area contributed by atoms with E-state index in [4.69, 9.17) is 4.43 Å². The van der Waals surface area contributed by atoms with Crippen LogP contribution in [0.5, 0.6) is 0 Å². The molecule has 0 aliphatic rings. The molecular weight excluding hydrogens is 228 g/mol. The van der Waals surface area contributed by atoms with Gasteiger partial charge in [-0.1, -0.05) is 32.9 Å². The average molecular weight is 256 g/mol. The predicted molar refractivity (Wildman–Crippen MR) is 76.8 cm³/mol. The molecule has 0 aromatic carbocycles. The van der Waals surface area contributed by atoms with E-state index in [1.54, 1.807) is 0 Å². The molecule has 0 rings (SSSR count). The van der Waals surface area contributed by atoms with E-state index in [9.17, 15) is 4.79 Å². The Bertz CT molecular complexity index is 251. The molecular formula is C14H28O2Si. The Morgan fingerprint density at radius 3 is 2.29 bits per heavy atom. The minimum absolute atomic E-state index is 0.0876. The zero-order valence-electron chi connectivity index (χ0n) is 12.2. The summed E-state index contributed by atoms with van der Waals surface area (Å²) in [6.07, 6.45) is 7.69. The zero-order chi connectivity index (χ0) is 13.5. The third kappa shape index (κ3) is 6.17. The summed E-state index contributed by atoms with van der Waals surface area (Å²) in [5.41, 5.74) is 0. The van der Waals surface area contributed by atoms with Crippen LogP contribution in [0.1, 0.15) is 47.0 Å². The van der Waals surface area contributed by atoms with E-state index >= 15 is 0 Å². The molecule has 0 spiro atoms. The van der Waals surface area contributed by atoms with Crippen LogP contribution in [0.3, 0.4) is 0 Å². The summed E-state index contributed by atoms with van der Waals surface area (Å²) in [5, 5.41) is 0.203.